The Kier molecular flexibility index (Phi) is 6.85. The summed E-state index contributed by atoms with van der Waals surface area (Å²) in [5.41, 5.74) is 3.61. The number of ether oxygens (including phenoxy) is 1. The minimum atomic E-state index is -0.716. The van der Waals surface area contributed by atoms with Crippen molar-refractivity contribution in [3.63, 3.8) is 0 Å². The van der Waals surface area contributed by atoms with Crippen LogP contribution in [0.5, 0.6) is 5.75 Å². The number of aromatic nitrogens is 1. The standard InChI is InChI=1S/C30H27N3O4/c1-21-9-7-12-24(17-21)37-16-8-15-32-20-23(25-13-5-6-14-27(25)32)18-26-28(34)31-30(36)33(29(26)35)19-22-10-3-2-4-11-22/h2-7,9-14,17-18,20H,8,15-16,19H2,1H3,(H,31,34,36)/b26-18+. The van der Waals surface area contributed by atoms with Gasteiger partial charge >= 0.3 is 6.03 Å². The average molecular weight is 494 g/mol. The summed E-state index contributed by atoms with van der Waals surface area (Å²) in [6, 6.07) is 24.3. The van der Waals surface area contributed by atoms with Crippen molar-refractivity contribution in [2.45, 2.75) is 26.4 Å². The summed E-state index contributed by atoms with van der Waals surface area (Å²) >= 11 is 0. The molecule has 2 heterocycles. The molecule has 0 aliphatic carbocycles. The first kappa shape index (κ1) is 24.1. The molecule has 1 fully saturated rings. The Balaban J connectivity index is 1.36. The predicted molar refractivity (Wildman–Crippen MR) is 142 cm³/mol. The van der Waals surface area contributed by atoms with Crippen LogP contribution in [0.3, 0.4) is 0 Å². The Morgan fingerprint density at radius 2 is 1.70 bits per heavy atom. The van der Waals surface area contributed by atoms with Crippen LogP contribution in [0.2, 0.25) is 0 Å². The number of hydrogen-bond donors (Lipinski definition) is 1. The van der Waals surface area contributed by atoms with Crippen LogP contribution in [0.25, 0.3) is 17.0 Å². The van der Waals surface area contributed by atoms with Crippen molar-refractivity contribution in [2.24, 2.45) is 0 Å². The molecule has 37 heavy (non-hydrogen) atoms. The normalized spacial score (nSPS) is 14.9. The van der Waals surface area contributed by atoms with Crippen molar-refractivity contribution in [3.8, 4) is 5.75 Å². The molecule has 0 saturated carbocycles. The summed E-state index contributed by atoms with van der Waals surface area (Å²) in [4.78, 5) is 39.4. The molecule has 4 amide bonds. The largest absolute Gasteiger partial charge is 0.494 e. The fourth-order valence-electron chi connectivity index (χ4n) is 4.46. The Bertz CT molecular complexity index is 1500. The van der Waals surface area contributed by atoms with Crippen molar-refractivity contribution in [1.29, 1.82) is 0 Å². The smallest absolute Gasteiger partial charge is 0.331 e. The SMILES string of the molecule is Cc1cccc(OCCCn2cc(/C=C3\C(=O)NC(=O)N(Cc4ccccc4)C3=O)c3ccccc32)c1. The highest BCUT2D eigenvalue weighted by Gasteiger charge is 2.35. The van der Waals surface area contributed by atoms with Gasteiger partial charge in [0.25, 0.3) is 11.8 Å². The van der Waals surface area contributed by atoms with Gasteiger partial charge in [-0.2, -0.15) is 0 Å². The molecule has 0 spiro atoms. The van der Waals surface area contributed by atoms with Crippen LogP contribution in [0.1, 0.15) is 23.1 Å². The highest BCUT2D eigenvalue weighted by Crippen LogP contribution is 2.26. The highest BCUT2D eigenvalue weighted by atomic mass is 16.5. The molecule has 0 atom stereocenters. The minimum Gasteiger partial charge on any atom is -0.494 e. The molecule has 0 unspecified atom stereocenters. The van der Waals surface area contributed by atoms with Crippen LogP contribution in [0, 0.1) is 6.92 Å². The van der Waals surface area contributed by atoms with Gasteiger partial charge in [-0.3, -0.25) is 19.8 Å². The molecule has 7 heteroatoms. The number of carbonyl (C=O) groups excluding carboxylic acids is 3. The van der Waals surface area contributed by atoms with Gasteiger partial charge in [-0.15, -0.1) is 0 Å². The van der Waals surface area contributed by atoms with E-state index in [1.165, 1.54) is 0 Å². The minimum absolute atomic E-state index is 0.0683. The zero-order chi connectivity index (χ0) is 25.8. The van der Waals surface area contributed by atoms with E-state index < -0.39 is 17.8 Å². The molecule has 0 bridgehead atoms. The van der Waals surface area contributed by atoms with Crippen LogP contribution < -0.4 is 10.1 Å². The summed E-state index contributed by atoms with van der Waals surface area (Å²) < 4.78 is 7.98. The fraction of sp³-hybridized carbons (Fsp3) is 0.167. The quantitative estimate of drug-likeness (QED) is 0.211. The summed E-state index contributed by atoms with van der Waals surface area (Å²) in [5, 5.41) is 3.22. The maximum atomic E-state index is 13.2. The van der Waals surface area contributed by atoms with Crippen molar-refractivity contribution < 1.29 is 19.1 Å². The summed E-state index contributed by atoms with van der Waals surface area (Å²) in [5.74, 6) is -0.456. The van der Waals surface area contributed by atoms with E-state index in [0.29, 0.717) is 13.2 Å². The Hall–Kier alpha value is -4.65. The van der Waals surface area contributed by atoms with Crippen molar-refractivity contribution in [2.75, 3.05) is 6.61 Å². The molecule has 7 nitrogen and oxygen atoms in total. The number of imide groups is 2. The van der Waals surface area contributed by atoms with E-state index in [1.807, 2.05) is 92.0 Å². The first-order valence-corrected chi connectivity index (χ1v) is 12.2. The number of urea groups is 1. The lowest BCUT2D eigenvalue weighted by Gasteiger charge is -2.26. The summed E-state index contributed by atoms with van der Waals surface area (Å²) in [6.07, 6.45) is 4.29. The van der Waals surface area contributed by atoms with Gasteiger partial charge in [0.2, 0.25) is 0 Å². The topological polar surface area (TPSA) is 80.6 Å². The molecule has 1 aromatic heterocycles. The third-order valence-electron chi connectivity index (χ3n) is 6.29. The summed E-state index contributed by atoms with van der Waals surface area (Å²) in [7, 11) is 0. The molecule has 3 aromatic carbocycles. The Labute approximate surface area is 215 Å². The second-order valence-electron chi connectivity index (χ2n) is 9.01. The zero-order valence-corrected chi connectivity index (χ0v) is 20.5. The van der Waals surface area contributed by atoms with E-state index in [1.54, 1.807) is 6.08 Å². The number of nitrogens with one attached hydrogen (secondary N) is 1. The molecular formula is C30H27N3O4. The van der Waals surface area contributed by atoms with E-state index in [9.17, 15) is 14.4 Å². The van der Waals surface area contributed by atoms with Gasteiger partial charge in [0.1, 0.15) is 11.3 Å². The van der Waals surface area contributed by atoms with Crippen LogP contribution in [-0.2, 0) is 22.7 Å². The molecule has 0 radical (unpaired) electrons. The van der Waals surface area contributed by atoms with Gasteiger partial charge in [-0.1, -0.05) is 60.7 Å². The molecule has 1 saturated heterocycles. The first-order valence-electron chi connectivity index (χ1n) is 12.2. The lowest BCUT2D eigenvalue weighted by molar-refractivity contribution is -0.130. The van der Waals surface area contributed by atoms with Crippen LogP contribution >= 0.6 is 0 Å². The Morgan fingerprint density at radius 3 is 2.51 bits per heavy atom. The summed E-state index contributed by atoms with van der Waals surface area (Å²) in [6.45, 7) is 3.37. The van der Waals surface area contributed by atoms with Crippen molar-refractivity contribution >= 4 is 34.8 Å². The van der Waals surface area contributed by atoms with Gasteiger partial charge in [-0.05, 0) is 48.7 Å². The van der Waals surface area contributed by atoms with Gasteiger partial charge in [0.05, 0.1) is 13.2 Å². The van der Waals surface area contributed by atoms with Crippen molar-refractivity contribution in [1.82, 2.24) is 14.8 Å². The molecule has 1 N–H and O–H groups in total. The molecule has 1 aliphatic heterocycles. The number of hydrogen-bond acceptors (Lipinski definition) is 4. The number of para-hydroxylation sites is 1. The van der Waals surface area contributed by atoms with Crippen LogP contribution in [-0.4, -0.2) is 33.9 Å². The van der Waals surface area contributed by atoms with Crippen molar-refractivity contribution in [3.05, 3.63) is 107 Å². The number of fused-ring (bicyclic) bond motifs is 1. The second kappa shape index (κ2) is 10.5. The third kappa shape index (κ3) is 5.30. The number of benzene rings is 3. The number of nitrogens with zero attached hydrogens (tertiary/aromatic N) is 2. The maximum absolute atomic E-state index is 13.2. The third-order valence-corrected chi connectivity index (χ3v) is 6.29. The fourth-order valence-corrected chi connectivity index (χ4v) is 4.46. The lowest BCUT2D eigenvalue weighted by atomic mass is 10.1. The van der Waals surface area contributed by atoms with Crippen LogP contribution in [0.4, 0.5) is 4.79 Å². The number of barbiturate groups is 1. The maximum Gasteiger partial charge on any atom is 0.331 e. The van der Waals surface area contributed by atoms with E-state index in [2.05, 4.69) is 9.88 Å². The van der Waals surface area contributed by atoms with Gasteiger partial charge in [-0.25, -0.2) is 4.79 Å². The lowest BCUT2D eigenvalue weighted by Crippen LogP contribution is -2.53. The molecule has 1 aliphatic rings. The zero-order valence-electron chi connectivity index (χ0n) is 20.5. The average Bonchev–Trinajstić information content (AvgIpc) is 3.25. The molecule has 5 rings (SSSR count). The number of rotatable bonds is 8. The first-order chi connectivity index (χ1) is 18.0. The number of aryl methyl sites for hydroxylation is 2. The highest BCUT2D eigenvalue weighted by molar-refractivity contribution is 6.31. The Morgan fingerprint density at radius 1 is 0.919 bits per heavy atom. The van der Waals surface area contributed by atoms with Gasteiger partial charge in [0, 0.05) is 29.2 Å². The van der Waals surface area contributed by atoms with Crippen LogP contribution in [0.15, 0.2) is 90.6 Å². The predicted octanol–water partition coefficient (Wildman–Crippen LogP) is 5.08. The molecule has 186 valence electrons. The molecular weight excluding hydrogens is 466 g/mol. The van der Waals surface area contributed by atoms with E-state index >= 15 is 0 Å². The van der Waals surface area contributed by atoms with Gasteiger partial charge < -0.3 is 9.30 Å². The van der Waals surface area contributed by atoms with E-state index in [-0.39, 0.29) is 12.1 Å². The monoisotopic (exact) mass is 493 g/mol. The van der Waals surface area contributed by atoms with Gasteiger partial charge in [0.15, 0.2) is 0 Å². The van der Waals surface area contributed by atoms with E-state index in [0.717, 1.165) is 44.7 Å². The molecule has 4 aromatic rings. The number of amides is 4. The number of carbonyl (C=O) groups is 3. The second-order valence-corrected chi connectivity index (χ2v) is 9.01. The van der Waals surface area contributed by atoms with E-state index in [4.69, 9.17) is 4.74 Å².